The average Bonchev–Trinajstić information content (AvgIpc) is 2.32. The van der Waals surface area contributed by atoms with Crippen molar-refractivity contribution in [1.29, 1.82) is 0 Å². The van der Waals surface area contributed by atoms with Gasteiger partial charge in [-0.05, 0) is 17.5 Å². The summed E-state index contributed by atoms with van der Waals surface area (Å²) in [7, 11) is 0. The fourth-order valence-electron chi connectivity index (χ4n) is 1.87. The van der Waals surface area contributed by atoms with Crippen molar-refractivity contribution < 1.29 is 5.11 Å². The highest BCUT2D eigenvalue weighted by atomic mass is 16.3. The SMILES string of the molecule is CCC(CC)C(O)CNCc1cccnc1. The number of nitrogens with zero attached hydrogens (tertiary/aromatic N) is 1. The lowest BCUT2D eigenvalue weighted by atomic mass is 9.96. The molecular formula is C13H22N2O. The summed E-state index contributed by atoms with van der Waals surface area (Å²) in [5.41, 5.74) is 1.15. The van der Waals surface area contributed by atoms with Gasteiger partial charge in [0, 0.05) is 25.5 Å². The van der Waals surface area contributed by atoms with E-state index in [9.17, 15) is 5.11 Å². The third-order valence-electron chi connectivity index (χ3n) is 3.00. The third kappa shape index (κ3) is 4.29. The van der Waals surface area contributed by atoms with Crippen LogP contribution in [0, 0.1) is 5.92 Å². The highest BCUT2D eigenvalue weighted by molar-refractivity contribution is 5.07. The van der Waals surface area contributed by atoms with Gasteiger partial charge in [-0.1, -0.05) is 32.8 Å². The van der Waals surface area contributed by atoms with E-state index < -0.39 is 0 Å². The van der Waals surface area contributed by atoms with Crippen LogP contribution in [0.4, 0.5) is 0 Å². The van der Waals surface area contributed by atoms with Crippen molar-refractivity contribution in [1.82, 2.24) is 10.3 Å². The van der Waals surface area contributed by atoms with Crippen LogP contribution < -0.4 is 5.32 Å². The van der Waals surface area contributed by atoms with Crippen LogP contribution in [0.3, 0.4) is 0 Å². The highest BCUT2D eigenvalue weighted by Gasteiger charge is 2.14. The molecule has 1 heterocycles. The van der Waals surface area contributed by atoms with Gasteiger partial charge in [0.1, 0.15) is 0 Å². The molecule has 1 rings (SSSR count). The van der Waals surface area contributed by atoms with Crippen LogP contribution in [-0.4, -0.2) is 22.7 Å². The second-order valence-electron chi connectivity index (χ2n) is 4.14. The molecule has 0 aliphatic rings. The number of aliphatic hydroxyl groups excluding tert-OH is 1. The van der Waals surface area contributed by atoms with Gasteiger partial charge >= 0.3 is 0 Å². The Morgan fingerprint density at radius 3 is 2.69 bits per heavy atom. The number of rotatable bonds is 7. The van der Waals surface area contributed by atoms with Gasteiger partial charge in [0.25, 0.3) is 0 Å². The number of pyridine rings is 1. The Morgan fingerprint density at radius 1 is 1.38 bits per heavy atom. The fraction of sp³-hybridized carbons (Fsp3) is 0.615. The molecule has 0 fully saturated rings. The molecule has 1 aromatic rings. The van der Waals surface area contributed by atoms with Crippen molar-refractivity contribution in [3.63, 3.8) is 0 Å². The first-order valence-corrected chi connectivity index (χ1v) is 6.05. The standard InChI is InChI=1S/C13H22N2O/c1-3-12(4-2)13(16)10-15-9-11-6-5-7-14-8-11/h5-8,12-13,15-16H,3-4,9-10H2,1-2H3. The summed E-state index contributed by atoms with van der Waals surface area (Å²) in [5, 5.41) is 13.2. The van der Waals surface area contributed by atoms with Gasteiger partial charge in [0.05, 0.1) is 6.10 Å². The molecule has 16 heavy (non-hydrogen) atoms. The van der Waals surface area contributed by atoms with Gasteiger partial charge in [-0.3, -0.25) is 4.98 Å². The Balaban J connectivity index is 2.25. The second kappa shape index (κ2) is 7.36. The van der Waals surface area contributed by atoms with Crippen LogP contribution in [0.25, 0.3) is 0 Å². The topological polar surface area (TPSA) is 45.1 Å². The molecule has 1 unspecified atom stereocenters. The predicted octanol–water partition coefficient (Wildman–Crippen LogP) is 1.97. The number of hydrogen-bond donors (Lipinski definition) is 2. The van der Waals surface area contributed by atoms with E-state index in [0.717, 1.165) is 24.9 Å². The largest absolute Gasteiger partial charge is 0.392 e. The molecule has 0 aromatic carbocycles. The second-order valence-corrected chi connectivity index (χ2v) is 4.14. The van der Waals surface area contributed by atoms with Gasteiger partial charge in [-0.2, -0.15) is 0 Å². The van der Waals surface area contributed by atoms with Gasteiger partial charge in [0.15, 0.2) is 0 Å². The molecule has 90 valence electrons. The summed E-state index contributed by atoms with van der Waals surface area (Å²) in [5.74, 6) is 0.404. The maximum atomic E-state index is 9.91. The molecule has 0 aliphatic heterocycles. The molecule has 2 N–H and O–H groups in total. The highest BCUT2D eigenvalue weighted by Crippen LogP contribution is 2.12. The van der Waals surface area contributed by atoms with Crippen molar-refractivity contribution in [3.05, 3.63) is 30.1 Å². The monoisotopic (exact) mass is 222 g/mol. The first-order valence-electron chi connectivity index (χ1n) is 6.05. The molecule has 3 heteroatoms. The molecular weight excluding hydrogens is 200 g/mol. The molecule has 0 amide bonds. The summed E-state index contributed by atoms with van der Waals surface area (Å²) < 4.78 is 0. The summed E-state index contributed by atoms with van der Waals surface area (Å²) in [6.07, 6.45) is 5.43. The maximum Gasteiger partial charge on any atom is 0.0692 e. The lowest BCUT2D eigenvalue weighted by Crippen LogP contribution is -2.32. The quantitative estimate of drug-likeness (QED) is 0.741. The summed E-state index contributed by atoms with van der Waals surface area (Å²) >= 11 is 0. The van der Waals surface area contributed by atoms with Crippen molar-refractivity contribution in [2.24, 2.45) is 5.92 Å². The van der Waals surface area contributed by atoms with Gasteiger partial charge in [-0.25, -0.2) is 0 Å². The van der Waals surface area contributed by atoms with E-state index in [2.05, 4.69) is 24.1 Å². The smallest absolute Gasteiger partial charge is 0.0692 e. The van der Waals surface area contributed by atoms with Crippen molar-refractivity contribution in [3.8, 4) is 0 Å². The molecule has 1 aromatic heterocycles. The number of nitrogens with one attached hydrogen (secondary N) is 1. The number of aliphatic hydroxyl groups is 1. The van der Waals surface area contributed by atoms with Crippen LogP contribution in [0.2, 0.25) is 0 Å². The van der Waals surface area contributed by atoms with E-state index in [0.29, 0.717) is 12.5 Å². The normalized spacial score (nSPS) is 13.0. The molecule has 3 nitrogen and oxygen atoms in total. The van der Waals surface area contributed by atoms with Gasteiger partial charge in [-0.15, -0.1) is 0 Å². The summed E-state index contributed by atoms with van der Waals surface area (Å²) in [4.78, 5) is 4.05. The Labute approximate surface area is 97.9 Å². The van der Waals surface area contributed by atoms with Crippen LogP contribution in [-0.2, 0) is 6.54 Å². The summed E-state index contributed by atoms with van der Waals surface area (Å²) in [6.45, 7) is 5.67. The zero-order chi connectivity index (χ0) is 11.8. The van der Waals surface area contributed by atoms with E-state index in [1.165, 1.54) is 0 Å². The average molecular weight is 222 g/mol. The van der Waals surface area contributed by atoms with Crippen LogP contribution >= 0.6 is 0 Å². The molecule has 0 aliphatic carbocycles. The first kappa shape index (κ1) is 13.1. The van der Waals surface area contributed by atoms with E-state index in [1.54, 1.807) is 6.20 Å². The lowest BCUT2D eigenvalue weighted by molar-refractivity contribution is 0.101. The van der Waals surface area contributed by atoms with Crippen LogP contribution in [0.1, 0.15) is 32.3 Å². The van der Waals surface area contributed by atoms with E-state index >= 15 is 0 Å². The minimum atomic E-state index is -0.244. The van der Waals surface area contributed by atoms with Gasteiger partial charge < -0.3 is 10.4 Å². The Hall–Kier alpha value is -0.930. The minimum Gasteiger partial charge on any atom is -0.392 e. The zero-order valence-electron chi connectivity index (χ0n) is 10.2. The Morgan fingerprint density at radius 2 is 2.12 bits per heavy atom. The summed E-state index contributed by atoms with van der Waals surface area (Å²) in [6, 6.07) is 3.96. The Kier molecular flexibility index (Phi) is 6.04. The fourth-order valence-corrected chi connectivity index (χ4v) is 1.87. The molecule has 0 spiro atoms. The first-order chi connectivity index (χ1) is 7.77. The third-order valence-corrected chi connectivity index (χ3v) is 3.00. The Bertz CT molecular complexity index is 273. The van der Waals surface area contributed by atoms with E-state index in [4.69, 9.17) is 0 Å². The van der Waals surface area contributed by atoms with Crippen molar-refractivity contribution >= 4 is 0 Å². The maximum absolute atomic E-state index is 9.91. The molecule has 0 bridgehead atoms. The minimum absolute atomic E-state index is 0.244. The van der Waals surface area contributed by atoms with Crippen LogP contribution in [0.5, 0.6) is 0 Å². The zero-order valence-corrected chi connectivity index (χ0v) is 10.2. The number of aromatic nitrogens is 1. The number of hydrogen-bond acceptors (Lipinski definition) is 3. The predicted molar refractivity (Wildman–Crippen MR) is 66.0 cm³/mol. The van der Waals surface area contributed by atoms with E-state index in [1.807, 2.05) is 18.3 Å². The molecule has 0 saturated carbocycles. The van der Waals surface area contributed by atoms with Crippen molar-refractivity contribution in [2.75, 3.05) is 6.54 Å². The van der Waals surface area contributed by atoms with Gasteiger partial charge in [0.2, 0.25) is 0 Å². The molecule has 0 radical (unpaired) electrons. The van der Waals surface area contributed by atoms with E-state index in [-0.39, 0.29) is 6.10 Å². The molecule has 1 atom stereocenters. The van der Waals surface area contributed by atoms with Crippen molar-refractivity contribution in [2.45, 2.75) is 39.3 Å². The lowest BCUT2D eigenvalue weighted by Gasteiger charge is -2.20. The van der Waals surface area contributed by atoms with Crippen LogP contribution in [0.15, 0.2) is 24.5 Å². The molecule has 0 saturated heterocycles.